The van der Waals surface area contributed by atoms with Crippen LogP contribution in [0.4, 0.5) is 5.69 Å². The maximum atomic E-state index is 12.3. The number of para-hydroxylation sites is 1. The summed E-state index contributed by atoms with van der Waals surface area (Å²) in [6, 6.07) is 13.1. The molecule has 3 aromatic rings. The van der Waals surface area contributed by atoms with Crippen LogP contribution in [0.25, 0.3) is 11.0 Å². The Hall–Kier alpha value is -2.87. The quantitative estimate of drug-likeness (QED) is 0.679. The Kier molecular flexibility index (Phi) is 4.71. The molecule has 1 aromatic heterocycles. The molecule has 0 aliphatic heterocycles. The van der Waals surface area contributed by atoms with Crippen molar-refractivity contribution in [1.82, 2.24) is 5.16 Å². The number of nitrogens with one attached hydrogen (secondary N) is 1. The summed E-state index contributed by atoms with van der Waals surface area (Å²) in [5.74, 6) is -0.769. The molecule has 0 unspecified atom stereocenters. The summed E-state index contributed by atoms with van der Waals surface area (Å²) in [6.45, 7) is 1.99. The lowest BCUT2D eigenvalue weighted by Gasteiger charge is -2.08. The van der Waals surface area contributed by atoms with Crippen LogP contribution < -0.4 is 4.72 Å². The highest BCUT2D eigenvalue weighted by Crippen LogP contribution is 2.21. The molecule has 1 heterocycles. The van der Waals surface area contributed by atoms with Crippen molar-refractivity contribution >= 4 is 32.6 Å². The number of hydrogen-bond donors (Lipinski definition) is 1. The normalized spacial score (nSPS) is 11.4. The van der Waals surface area contributed by atoms with Crippen molar-refractivity contribution in [2.45, 2.75) is 12.7 Å². The molecule has 0 atom stereocenters. The maximum Gasteiger partial charge on any atom is 0.338 e. The molecule has 0 spiro atoms. The van der Waals surface area contributed by atoms with Gasteiger partial charge in [0.15, 0.2) is 5.58 Å². The van der Waals surface area contributed by atoms with E-state index < -0.39 is 16.0 Å². The molecule has 0 saturated carbocycles. The molecule has 1 N–H and O–H groups in total. The molecule has 25 heavy (non-hydrogen) atoms. The van der Waals surface area contributed by atoms with Gasteiger partial charge in [-0.3, -0.25) is 4.72 Å². The van der Waals surface area contributed by atoms with E-state index in [2.05, 4.69) is 9.88 Å². The van der Waals surface area contributed by atoms with Crippen molar-refractivity contribution in [2.24, 2.45) is 0 Å². The van der Waals surface area contributed by atoms with E-state index in [1.54, 1.807) is 31.2 Å². The second-order valence-electron chi connectivity index (χ2n) is 5.28. The lowest BCUT2D eigenvalue weighted by Crippen LogP contribution is -2.15. The molecule has 0 amide bonds. The lowest BCUT2D eigenvalue weighted by atomic mass is 10.2. The van der Waals surface area contributed by atoms with Gasteiger partial charge in [0, 0.05) is 11.1 Å². The molecule has 0 radical (unpaired) electrons. The smallest absolute Gasteiger partial charge is 0.338 e. The van der Waals surface area contributed by atoms with E-state index >= 15 is 0 Å². The Morgan fingerprint density at radius 3 is 2.60 bits per heavy atom. The molecule has 0 saturated heterocycles. The van der Waals surface area contributed by atoms with Crippen LogP contribution in [-0.2, 0) is 20.5 Å². The van der Waals surface area contributed by atoms with Gasteiger partial charge in [0.05, 0.1) is 12.2 Å². The Morgan fingerprint density at radius 1 is 1.16 bits per heavy atom. The van der Waals surface area contributed by atoms with E-state index in [0.717, 1.165) is 0 Å². The van der Waals surface area contributed by atoms with Gasteiger partial charge in [-0.15, -0.1) is 0 Å². The van der Waals surface area contributed by atoms with Crippen LogP contribution in [0.2, 0.25) is 0 Å². The zero-order valence-corrected chi connectivity index (χ0v) is 14.2. The molecular weight excluding hydrogens is 344 g/mol. The first kappa shape index (κ1) is 17.0. The highest BCUT2D eigenvalue weighted by Gasteiger charge is 2.18. The molecular formula is C17H16N2O5S. The molecule has 0 aliphatic carbocycles. The molecule has 0 fully saturated rings. The van der Waals surface area contributed by atoms with Gasteiger partial charge in [0.25, 0.3) is 0 Å². The number of hydrogen-bond acceptors (Lipinski definition) is 6. The Morgan fingerprint density at radius 2 is 1.88 bits per heavy atom. The number of fused-ring (bicyclic) bond motifs is 1. The summed E-state index contributed by atoms with van der Waals surface area (Å²) in [5.41, 5.74) is 1.57. The second kappa shape index (κ2) is 6.94. The third-order valence-electron chi connectivity index (χ3n) is 3.45. The summed E-state index contributed by atoms with van der Waals surface area (Å²) in [5, 5.41) is 4.48. The summed E-state index contributed by atoms with van der Waals surface area (Å²) in [6.07, 6.45) is 0. The summed E-state index contributed by atoms with van der Waals surface area (Å²) in [4.78, 5) is 11.6. The number of anilines is 1. The van der Waals surface area contributed by atoms with E-state index in [0.29, 0.717) is 27.9 Å². The predicted molar refractivity (Wildman–Crippen MR) is 92.7 cm³/mol. The third-order valence-corrected chi connectivity index (χ3v) is 4.65. The predicted octanol–water partition coefficient (Wildman–Crippen LogP) is 2.95. The topological polar surface area (TPSA) is 98.5 Å². The number of carbonyl (C=O) groups is 1. The van der Waals surface area contributed by atoms with Gasteiger partial charge in [0.1, 0.15) is 11.4 Å². The molecule has 2 aromatic carbocycles. The van der Waals surface area contributed by atoms with Gasteiger partial charge in [-0.25, -0.2) is 13.2 Å². The van der Waals surface area contributed by atoms with Crippen LogP contribution in [0.15, 0.2) is 53.1 Å². The summed E-state index contributed by atoms with van der Waals surface area (Å²) in [7, 11) is -3.68. The van der Waals surface area contributed by atoms with Crippen molar-refractivity contribution in [3.05, 3.63) is 59.8 Å². The third kappa shape index (κ3) is 3.97. The van der Waals surface area contributed by atoms with E-state index in [-0.39, 0.29) is 12.4 Å². The summed E-state index contributed by atoms with van der Waals surface area (Å²) >= 11 is 0. The van der Waals surface area contributed by atoms with Gasteiger partial charge in [-0.05, 0) is 43.3 Å². The van der Waals surface area contributed by atoms with Crippen molar-refractivity contribution in [3.8, 4) is 0 Å². The van der Waals surface area contributed by atoms with Crippen molar-refractivity contribution in [3.63, 3.8) is 0 Å². The minimum absolute atomic E-state index is 0.277. The number of ether oxygens (including phenoxy) is 1. The van der Waals surface area contributed by atoms with E-state index in [1.165, 1.54) is 24.3 Å². The van der Waals surface area contributed by atoms with Crippen LogP contribution in [0, 0.1) is 0 Å². The minimum Gasteiger partial charge on any atom is -0.462 e. The fraction of sp³-hybridized carbons (Fsp3) is 0.176. The van der Waals surface area contributed by atoms with Gasteiger partial charge in [-0.1, -0.05) is 17.3 Å². The Bertz CT molecular complexity index is 993. The summed E-state index contributed by atoms with van der Waals surface area (Å²) < 4.78 is 37.2. The zero-order valence-electron chi connectivity index (χ0n) is 13.4. The van der Waals surface area contributed by atoms with Crippen LogP contribution in [0.5, 0.6) is 0 Å². The van der Waals surface area contributed by atoms with Crippen LogP contribution >= 0.6 is 0 Å². The fourth-order valence-corrected chi connectivity index (χ4v) is 3.46. The number of sulfonamides is 1. The zero-order chi connectivity index (χ0) is 17.9. The number of carbonyl (C=O) groups excluding carboxylic acids is 1. The largest absolute Gasteiger partial charge is 0.462 e. The Balaban J connectivity index is 1.74. The fourth-order valence-electron chi connectivity index (χ4n) is 2.33. The van der Waals surface area contributed by atoms with Crippen LogP contribution in [0.1, 0.15) is 23.0 Å². The second-order valence-corrected chi connectivity index (χ2v) is 7.01. The first-order valence-corrected chi connectivity index (χ1v) is 9.25. The van der Waals surface area contributed by atoms with E-state index in [9.17, 15) is 13.2 Å². The highest BCUT2D eigenvalue weighted by atomic mass is 32.2. The van der Waals surface area contributed by atoms with Crippen molar-refractivity contribution < 1.29 is 22.5 Å². The highest BCUT2D eigenvalue weighted by molar-refractivity contribution is 7.91. The number of aromatic nitrogens is 1. The average Bonchev–Trinajstić information content (AvgIpc) is 2.98. The van der Waals surface area contributed by atoms with Crippen LogP contribution in [-0.4, -0.2) is 26.2 Å². The van der Waals surface area contributed by atoms with Gasteiger partial charge >= 0.3 is 5.97 Å². The SMILES string of the molecule is CCOC(=O)c1ccc(NS(=O)(=O)Cc2noc3ccccc23)cc1. The van der Waals surface area contributed by atoms with Gasteiger partial charge < -0.3 is 9.26 Å². The molecule has 3 rings (SSSR count). The van der Waals surface area contributed by atoms with Crippen molar-refractivity contribution in [1.29, 1.82) is 0 Å². The van der Waals surface area contributed by atoms with Crippen LogP contribution in [0.3, 0.4) is 0 Å². The standard InChI is InChI=1S/C17H16N2O5S/c1-2-23-17(20)12-7-9-13(10-8-12)19-25(21,22)11-15-14-5-3-4-6-16(14)24-18-15/h3-10,19H,2,11H2,1H3. The molecule has 0 bridgehead atoms. The van der Waals surface area contributed by atoms with E-state index in [1.807, 2.05) is 0 Å². The van der Waals surface area contributed by atoms with Gasteiger partial charge in [-0.2, -0.15) is 0 Å². The number of esters is 1. The minimum atomic E-state index is -3.68. The van der Waals surface area contributed by atoms with Gasteiger partial charge in [0.2, 0.25) is 10.0 Å². The van der Waals surface area contributed by atoms with Crippen molar-refractivity contribution in [2.75, 3.05) is 11.3 Å². The number of rotatable bonds is 6. The molecule has 130 valence electrons. The first-order chi connectivity index (χ1) is 12.0. The molecule has 7 nitrogen and oxygen atoms in total. The monoisotopic (exact) mass is 360 g/mol. The van der Waals surface area contributed by atoms with E-state index in [4.69, 9.17) is 9.26 Å². The molecule has 0 aliphatic rings. The number of benzene rings is 2. The first-order valence-electron chi connectivity index (χ1n) is 7.59. The number of nitrogens with zero attached hydrogens (tertiary/aromatic N) is 1. The maximum absolute atomic E-state index is 12.3. The Labute approximate surface area is 144 Å². The molecule has 8 heteroatoms. The average molecular weight is 360 g/mol. The lowest BCUT2D eigenvalue weighted by molar-refractivity contribution is 0.0526.